The summed E-state index contributed by atoms with van der Waals surface area (Å²) in [7, 11) is 1.96. The lowest BCUT2D eigenvalue weighted by Crippen LogP contribution is -2.11. The molecule has 0 atom stereocenters. The largest absolute Gasteiger partial charge is 0.319 e. The minimum absolute atomic E-state index is 0.330. The Morgan fingerprint density at radius 2 is 2.00 bits per heavy atom. The number of hydrogen-bond acceptors (Lipinski definition) is 2. The third-order valence-corrected chi connectivity index (χ3v) is 1.22. The zero-order valence-electron chi connectivity index (χ0n) is 8.15. The molecule has 0 spiro atoms. The van der Waals surface area contributed by atoms with E-state index in [2.05, 4.69) is 31.1 Å². The van der Waals surface area contributed by atoms with E-state index in [0.717, 1.165) is 19.5 Å². The maximum Gasteiger partial charge on any atom is 0.0433 e. The number of hydrogen-bond donors (Lipinski definition) is 1. The van der Waals surface area contributed by atoms with Crippen LogP contribution in [0.3, 0.4) is 0 Å². The first-order valence-electron chi connectivity index (χ1n) is 4.19. The number of rotatable bonds is 4. The van der Waals surface area contributed by atoms with E-state index in [1.165, 1.54) is 0 Å². The van der Waals surface area contributed by atoms with Crippen LogP contribution in [-0.4, -0.2) is 26.4 Å². The highest BCUT2D eigenvalue weighted by Gasteiger charge is 2.06. The minimum Gasteiger partial charge on any atom is -0.319 e. The molecule has 0 saturated heterocycles. The quantitative estimate of drug-likeness (QED) is 0.486. The van der Waals surface area contributed by atoms with Crippen LogP contribution in [0.1, 0.15) is 27.2 Å². The van der Waals surface area contributed by atoms with Gasteiger partial charge >= 0.3 is 0 Å². The fourth-order valence-corrected chi connectivity index (χ4v) is 0.639. The van der Waals surface area contributed by atoms with Crippen molar-refractivity contribution in [3.8, 4) is 0 Å². The minimum atomic E-state index is 0.330. The Labute approximate surface area is 70.1 Å². The molecule has 0 rings (SSSR count). The predicted molar refractivity (Wildman–Crippen MR) is 51.4 cm³/mol. The fourth-order valence-electron chi connectivity index (χ4n) is 0.639. The van der Waals surface area contributed by atoms with Gasteiger partial charge in [0.2, 0.25) is 0 Å². The van der Waals surface area contributed by atoms with Gasteiger partial charge < -0.3 is 5.32 Å². The highest BCUT2D eigenvalue weighted by Crippen LogP contribution is 2.12. The van der Waals surface area contributed by atoms with Crippen molar-refractivity contribution in [2.75, 3.05) is 20.1 Å². The van der Waals surface area contributed by atoms with Gasteiger partial charge in [0.1, 0.15) is 0 Å². The van der Waals surface area contributed by atoms with Crippen LogP contribution in [0.15, 0.2) is 4.99 Å². The van der Waals surface area contributed by atoms with Crippen LogP contribution in [0.5, 0.6) is 0 Å². The Bertz CT molecular complexity index is 111. The van der Waals surface area contributed by atoms with E-state index in [4.69, 9.17) is 0 Å². The average molecular weight is 156 g/mol. The fraction of sp³-hybridized carbons (Fsp3) is 0.889. The summed E-state index contributed by atoms with van der Waals surface area (Å²) in [6.45, 7) is 8.54. The molecule has 0 fully saturated rings. The second-order valence-corrected chi connectivity index (χ2v) is 3.98. The van der Waals surface area contributed by atoms with Crippen molar-refractivity contribution in [2.45, 2.75) is 27.2 Å². The second kappa shape index (κ2) is 5.30. The number of aliphatic imine (C=N–C) groups is 1. The summed E-state index contributed by atoms with van der Waals surface area (Å²) in [4.78, 5) is 4.32. The van der Waals surface area contributed by atoms with Gasteiger partial charge in [-0.25, -0.2) is 0 Å². The molecule has 0 aromatic carbocycles. The van der Waals surface area contributed by atoms with Gasteiger partial charge in [0, 0.05) is 6.54 Å². The molecule has 11 heavy (non-hydrogen) atoms. The molecule has 0 aliphatic heterocycles. The summed E-state index contributed by atoms with van der Waals surface area (Å²) in [6, 6.07) is 0. The highest BCUT2D eigenvalue weighted by atomic mass is 14.8. The molecule has 0 aromatic rings. The summed E-state index contributed by atoms with van der Waals surface area (Å²) < 4.78 is 0. The van der Waals surface area contributed by atoms with Gasteiger partial charge in [0.15, 0.2) is 0 Å². The highest BCUT2D eigenvalue weighted by molar-refractivity contribution is 5.57. The van der Waals surface area contributed by atoms with Gasteiger partial charge in [0.05, 0.1) is 0 Å². The summed E-state index contributed by atoms with van der Waals surface area (Å²) in [6.07, 6.45) is 3.04. The normalized spacial score (nSPS) is 12.7. The van der Waals surface area contributed by atoms with Crippen molar-refractivity contribution in [3.05, 3.63) is 0 Å². The Balaban J connectivity index is 3.30. The van der Waals surface area contributed by atoms with E-state index in [1.807, 2.05) is 13.3 Å². The standard InChI is InChI=1S/C9H20N2/c1-9(2,3)8-11-7-5-6-10-4/h7,10H,5-6,8H2,1-4H3/b11-7-. The summed E-state index contributed by atoms with van der Waals surface area (Å²) in [5, 5.41) is 3.07. The maximum absolute atomic E-state index is 4.32. The predicted octanol–water partition coefficient (Wildman–Crippen LogP) is 1.71. The molecule has 0 saturated carbocycles. The lowest BCUT2D eigenvalue weighted by Gasteiger charge is -2.13. The first-order valence-corrected chi connectivity index (χ1v) is 4.19. The van der Waals surface area contributed by atoms with Gasteiger partial charge in [-0.2, -0.15) is 0 Å². The Kier molecular flexibility index (Phi) is 5.12. The zero-order chi connectivity index (χ0) is 8.74. The Morgan fingerprint density at radius 1 is 1.36 bits per heavy atom. The van der Waals surface area contributed by atoms with Crippen LogP contribution >= 0.6 is 0 Å². The molecule has 2 nitrogen and oxygen atoms in total. The third kappa shape index (κ3) is 9.63. The van der Waals surface area contributed by atoms with E-state index in [0.29, 0.717) is 5.41 Å². The van der Waals surface area contributed by atoms with Gasteiger partial charge in [0.25, 0.3) is 0 Å². The van der Waals surface area contributed by atoms with Gasteiger partial charge in [-0.05, 0) is 31.6 Å². The van der Waals surface area contributed by atoms with Crippen LogP contribution in [0.2, 0.25) is 0 Å². The zero-order valence-corrected chi connectivity index (χ0v) is 8.15. The van der Waals surface area contributed by atoms with Crippen LogP contribution in [0.4, 0.5) is 0 Å². The van der Waals surface area contributed by atoms with E-state index in [9.17, 15) is 0 Å². The molecule has 0 amide bonds. The molecule has 0 aliphatic carbocycles. The SMILES string of the molecule is CNCC/C=N\CC(C)(C)C. The summed E-state index contributed by atoms with van der Waals surface area (Å²) in [5.41, 5.74) is 0.330. The molecule has 0 heterocycles. The van der Waals surface area contributed by atoms with Crippen molar-refractivity contribution in [2.24, 2.45) is 10.4 Å². The van der Waals surface area contributed by atoms with Crippen molar-refractivity contribution in [3.63, 3.8) is 0 Å². The lowest BCUT2D eigenvalue weighted by molar-refractivity contribution is 0.430. The van der Waals surface area contributed by atoms with Crippen LogP contribution < -0.4 is 5.32 Å². The van der Waals surface area contributed by atoms with Crippen molar-refractivity contribution in [1.29, 1.82) is 0 Å². The van der Waals surface area contributed by atoms with E-state index in [1.54, 1.807) is 0 Å². The van der Waals surface area contributed by atoms with Crippen LogP contribution in [0, 0.1) is 5.41 Å². The average Bonchev–Trinajstić information content (AvgIpc) is 1.85. The molecule has 1 N–H and O–H groups in total. The first kappa shape index (κ1) is 10.6. The third-order valence-electron chi connectivity index (χ3n) is 1.22. The topological polar surface area (TPSA) is 24.4 Å². The monoisotopic (exact) mass is 156 g/mol. The molecule has 0 bridgehead atoms. The van der Waals surface area contributed by atoms with Gasteiger partial charge in [-0.1, -0.05) is 20.8 Å². The molecule has 0 unspecified atom stereocenters. The van der Waals surface area contributed by atoms with Gasteiger partial charge in [-0.15, -0.1) is 0 Å². The smallest absolute Gasteiger partial charge is 0.0433 e. The van der Waals surface area contributed by atoms with E-state index >= 15 is 0 Å². The Morgan fingerprint density at radius 3 is 2.45 bits per heavy atom. The van der Waals surface area contributed by atoms with Crippen LogP contribution in [-0.2, 0) is 0 Å². The number of nitrogens with one attached hydrogen (secondary N) is 1. The van der Waals surface area contributed by atoms with Crippen molar-refractivity contribution < 1.29 is 0 Å². The molecule has 0 aromatic heterocycles. The summed E-state index contributed by atoms with van der Waals surface area (Å²) >= 11 is 0. The van der Waals surface area contributed by atoms with Gasteiger partial charge in [-0.3, -0.25) is 4.99 Å². The van der Waals surface area contributed by atoms with Crippen molar-refractivity contribution in [1.82, 2.24) is 5.32 Å². The molecule has 2 heteroatoms. The maximum atomic E-state index is 4.32. The van der Waals surface area contributed by atoms with Crippen LogP contribution in [0.25, 0.3) is 0 Å². The lowest BCUT2D eigenvalue weighted by atomic mass is 9.97. The Hall–Kier alpha value is -0.370. The first-order chi connectivity index (χ1) is 5.06. The summed E-state index contributed by atoms with van der Waals surface area (Å²) in [5.74, 6) is 0. The molecular formula is C9H20N2. The molecular weight excluding hydrogens is 136 g/mol. The second-order valence-electron chi connectivity index (χ2n) is 3.98. The molecule has 0 radical (unpaired) electrons. The molecule has 66 valence electrons. The van der Waals surface area contributed by atoms with E-state index in [-0.39, 0.29) is 0 Å². The number of nitrogens with zero attached hydrogens (tertiary/aromatic N) is 1. The van der Waals surface area contributed by atoms with E-state index < -0.39 is 0 Å². The molecule has 0 aliphatic rings. The van der Waals surface area contributed by atoms with Crippen molar-refractivity contribution >= 4 is 6.21 Å².